The van der Waals surface area contributed by atoms with Crippen molar-refractivity contribution in [3.8, 4) is 0 Å². The molecule has 0 spiro atoms. The van der Waals surface area contributed by atoms with Gasteiger partial charge in [-0.05, 0) is 44.6 Å². The smallest absolute Gasteiger partial charge is 0.240 e. The summed E-state index contributed by atoms with van der Waals surface area (Å²) in [4.78, 5) is 19.2. The second kappa shape index (κ2) is 7.78. The topological polar surface area (TPSA) is 50.2 Å². The number of hydrogen-bond donors (Lipinski definition) is 1. The van der Waals surface area contributed by atoms with Crippen molar-refractivity contribution in [2.24, 2.45) is 5.92 Å². The van der Waals surface area contributed by atoms with Crippen LogP contribution in [0.1, 0.15) is 52.7 Å². The molecule has 1 aliphatic heterocycles. The molecule has 142 valence electrons. The number of allylic oxidation sites excluding steroid dienone is 4. The highest BCUT2D eigenvalue weighted by Gasteiger charge is 2.41. The van der Waals surface area contributed by atoms with Gasteiger partial charge in [-0.1, -0.05) is 32.1 Å². The molecule has 1 amide bonds. The van der Waals surface area contributed by atoms with Gasteiger partial charge in [-0.2, -0.15) is 0 Å². The van der Waals surface area contributed by atoms with Crippen molar-refractivity contribution >= 4 is 5.91 Å². The molecule has 1 aromatic heterocycles. The largest absolute Gasteiger partial charge is 0.336 e. The molecule has 3 rings (SSSR count). The minimum Gasteiger partial charge on any atom is -0.336 e. The third-order valence-electron chi connectivity index (χ3n) is 6.07. The number of rotatable bonds is 7. The van der Waals surface area contributed by atoms with Crippen LogP contribution in [-0.2, 0) is 17.9 Å². The van der Waals surface area contributed by atoms with E-state index in [0.717, 1.165) is 38.0 Å². The van der Waals surface area contributed by atoms with E-state index in [0.29, 0.717) is 12.5 Å². The van der Waals surface area contributed by atoms with Crippen LogP contribution in [0.15, 0.2) is 36.3 Å². The fraction of sp³-hybridized carbons (Fsp3) is 0.619. The number of nitrogens with zero attached hydrogens (tertiary/aromatic N) is 3. The molecule has 1 fully saturated rings. The van der Waals surface area contributed by atoms with E-state index in [2.05, 4.69) is 60.8 Å². The summed E-state index contributed by atoms with van der Waals surface area (Å²) in [5.41, 5.74) is 2.35. The van der Waals surface area contributed by atoms with Gasteiger partial charge in [0.2, 0.25) is 5.91 Å². The Morgan fingerprint density at radius 1 is 1.35 bits per heavy atom. The van der Waals surface area contributed by atoms with E-state index >= 15 is 0 Å². The molecule has 1 atom stereocenters. The molecular weight excluding hydrogens is 324 g/mol. The lowest BCUT2D eigenvalue weighted by Gasteiger charge is -2.39. The van der Waals surface area contributed by atoms with E-state index in [1.807, 2.05) is 17.4 Å². The van der Waals surface area contributed by atoms with Crippen molar-refractivity contribution in [2.75, 3.05) is 6.54 Å². The molecule has 0 saturated carbocycles. The summed E-state index contributed by atoms with van der Waals surface area (Å²) >= 11 is 0. The molecule has 0 radical (unpaired) electrons. The Bertz CT molecular complexity index is 699. The number of hydrogen-bond acceptors (Lipinski definition) is 3. The van der Waals surface area contributed by atoms with Crippen LogP contribution in [0.4, 0.5) is 0 Å². The summed E-state index contributed by atoms with van der Waals surface area (Å²) in [5, 5.41) is 3.46. The third-order valence-corrected chi connectivity index (χ3v) is 6.07. The summed E-state index contributed by atoms with van der Waals surface area (Å²) in [5.74, 6) is 0.663. The van der Waals surface area contributed by atoms with E-state index < -0.39 is 0 Å². The van der Waals surface area contributed by atoms with Crippen LogP contribution in [0.5, 0.6) is 0 Å². The molecule has 5 heteroatoms. The maximum absolute atomic E-state index is 12.8. The van der Waals surface area contributed by atoms with Crippen LogP contribution in [-0.4, -0.2) is 38.5 Å². The maximum atomic E-state index is 12.8. The summed E-state index contributed by atoms with van der Waals surface area (Å²) in [6.45, 7) is 11.0. The van der Waals surface area contributed by atoms with Crippen molar-refractivity contribution in [1.29, 1.82) is 0 Å². The molecule has 0 unspecified atom stereocenters. The zero-order valence-corrected chi connectivity index (χ0v) is 16.5. The first-order valence-electron chi connectivity index (χ1n) is 9.79. The lowest BCUT2D eigenvalue weighted by molar-refractivity contribution is -0.135. The van der Waals surface area contributed by atoms with Gasteiger partial charge in [0.1, 0.15) is 0 Å². The van der Waals surface area contributed by atoms with Gasteiger partial charge >= 0.3 is 0 Å². The molecule has 2 aliphatic rings. The van der Waals surface area contributed by atoms with Crippen LogP contribution in [0.3, 0.4) is 0 Å². The molecule has 26 heavy (non-hydrogen) atoms. The normalized spacial score (nSPS) is 21.0. The molecule has 1 aromatic rings. The van der Waals surface area contributed by atoms with Crippen LogP contribution in [0.2, 0.25) is 0 Å². The van der Waals surface area contributed by atoms with Crippen molar-refractivity contribution in [3.63, 3.8) is 0 Å². The second-order valence-electron chi connectivity index (χ2n) is 8.29. The molecule has 1 aliphatic carbocycles. The van der Waals surface area contributed by atoms with Gasteiger partial charge in [-0.15, -0.1) is 0 Å². The molecular formula is C21H32N4O. The molecule has 5 nitrogen and oxygen atoms in total. The lowest BCUT2D eigenvalue weighted by Crippen LogP contribution is -2.51. The molecule has 1 N–H and O–H groups in total. The monoisotopic (exact) mass is 356 g/mol. The molecule has 0 aromatic carbocycles. The quantitative estimate of drug-likeness (QED) is 0.816. The number of imidazole rings is 1. The van der Waals surface area contributed by atoms with E-state index in [1.54, 1.807) is 0 Å². The predicted octanol–water partition coefficient (Wildman–Crippen LogP) is 3.28. The second-order valence-corrected chi connectivity index (χ2v) is 8.29. The Kier molecular flexibility index (Phi) is 5.66. The van der Waals surface area contributed by atoms with E-state index in [1.165, 1.54) is 5.57 Å². The van der Waals surface area contributed by atoms with Gasteiger partial charge < -0.3 is 14.8 Å². The zero-order valence-electron chi connectivity index (χ0n) is 16.5. The first-order valence-corrected chi connectivity index (χ1v) is 9.79. The first kappa shape index (κ1) is 18.9. The zero-order chi connectivity index (χ0) is 18.7. The Hall–Kier alpha value is -1.88. The number of amides is 1. The fourth-order valence-electron chi connectivity index (χ4n) is 3.60. The Balaban J connectivity index is 1.59. The number of aromatic nitrogens is 2. The van der Waals surface area contributed by atoms with Crippen LogP contribution in [0.25, 0.3) is 0 Å². The van der Waals surface area contributed by atoms with Crippen molar-refractivity contribution in [3.05, 3.63) is 42.0 Å². The van der Waals surface area contributed by atoms with Gasteiger partial charge in [0.25, 0.3) is 0 Å². The highest BCUT2D eigenvalue weighted by Crippen LogP contribution is 2.29. The lowest BCUT2D eigenvalue weighted by atomic mass is 9.89. The standard InChI is InChI=1S/C21H32N4O/c1-16(2)21(3,4)25-11-10-19(20(25)26)23-13-18-12-22-15-24(18)14-17-8-6-5-7-9-17/h6,8-9,12,15-16,19,23H,5,7,10-11,13-14H2,1-4H3/t19-/m0/s1. The maximum Gasteiger partial charge on any atom is 0.240 e. The highest BCUT2D eigenvalue weighted by atomic mass is 16.2. The van der Waals surface area contributed by atoms with Gasteiger partial charge in [0.15, 0.2) is 0 Å². The van der Waals surface area contributed by atoms with E-state index in [-0.39, 0.29) is 17.5 Å². The van der Waals surface area contributed by atoms with Gasteiger partial charge in [0.05, 0.1) is 18.1 Å². The summed E-state index contributed by atoms with van der Waals surface area (Å²) in [6, 6.07) is -0.0924. The minimum atomic E-state index is -0.102. The number of likely N-dealkylation sites (tertiary alicyclic amines) is 1. The number of carbonyl (C=O) groups is 1. The average Bonchev–Trinajstić information content (AvgIpc) is 3.20. The van der Waals surface area contributed by atoms with Crippen molar-refractivity contribution in [1.82, 2.24) is 19.8 Å². The Morgan fingerprint density at radius 2 is 2.15 bits per heavy atom. The van der Waals surface area contributed by atoms with Gasteiger partial charge in [-0.3, -0.25) is 4.79 Å². The van der Waals surface area contributed by atoms with Gasteiger partial charge in [0, 0.05) is 31.4 Å². The number of carbonyl (C=O) groups excluding carboxylic acids is 1. The van der Waals surface area contributed by atoms with Crippen molar-refractivity contribution < 1.29 is 4.79 Å². The van der Waals surface area contributed by atoms with Crippen LogP contribution >= 0.6 is 0 Å². The molecule has 2 heterocycles. The Labute approximate surface area is 157 Å². The molecule has 0 bridgehead atoms. The average molecular weight is 357 g/mol. The third kappa shape index (κ3) is 3.93. The minimum absolute atomic E-state index is 0.0924. The predicted molar refractivity (Wildman–Crippen MR) is 105 cm³/mol. The van der Waals surface area contributed by atoms with Gasteiger partial charge in [-0.25, -0.2) is 4.98 Å². The first-order chi connectivity index (χ1) is 12.4. The molecule has 1 saturated heterocycles. The summed E-state index contributed by atoms with van der Waals surface area (Å²) < 4.78 is 2.17. The van der Waals surface area contributed by atoms with E-state index in [4.69, 9.17) is 0 Å². The fourth-order valence-corrected chi connectivity index (χ4v) is 3.60. The van der Waals surface area contributed by atoms with Crippen molar-refractivity contribution in [2.45, 2.75) is 71.6 Å². The SMILES string of the molecule is CC(C)C(C)(C)N1CC[C@H](NCc2cncn2CC2=CCCC=C2)C1=O. The van der Waals surface area contributed by atoms with Crippen LogP contribution in [0, 0.1) is 5.92 Å². The summed E-state index contributed by atoms with van der Waals surface area (Å²) in [6.07, 6.45) is 13.6. The number of nitrogens with one attached hydrogen (secondary N) is 1. The Morgan fingerprint density at radius 3 is 2.85 bits per heavy atom. The summed E-state index contributed by atoms with van der Waals surface area (Å²) in [7, 11) is 0. The van der Waals surface area contributed by atoms with Crippen LogP contribution < -0.4 is 5.32 Å². The van der Waals surface area contributed by atoms with E-state index in [9.17, 15) is 4.79 Å². The highest BCUT2D eigenvalue weighted by molar-refractivity contribution is 5.84.